The average Bonchev–Trinajstić information content (AvgIpc) is 2.19. The third-order valence-electron chi connectivity index (χ3n) is 1.91. The Bertz CT molecular complexity index is 402. The fourth-order valence-corrected chi connectivity index (χ4v) is 1.41. The summed E-state index contributed by atoms with van der Waals surface area (Å²) < 4.78 is 0. The predicted molar refractivity (Wildman–Crippen MR) is 60.4 cm³/mol. The summed E-state index contributed by atoms with van der Waals surface area (Å²) in [5, 5.41) is 3.08. The van der Waals surface area contributed by atoms with Crippen molar-refractivity contribution in [3.63, 3.8) is 0 Å². The van der Waals surface area contributed by atoms with E-state index in [-0.39, 0.29) is 11.7 Å². The van der Waals surface area contributed by atoms with Crippen LogP contribution in [0.1, 0.15) is 30.6 Å². The maximum Gasteiger partial charge on any atom is 0.221 e. The average molecular weight is 226 g/mol. The molecule has 0 radical (unpaired) electrons. The second-order valence-corrected chi connectivity index (χ2v) is 3.58. The zero-order valence-corrected chi connectivity index (χ0v) is 9.39. The number of anilines is 1. The molecular formula is C11H12ClNO2. The molecule has 1 amide bonds. The number of amides is 1. The van der Waals surface area contributed by atoms with Crippen LogP contribution in [0.5, 0.6) is 0 Å². The van der Waals surface area contributed by atoms with E-state index in [1.165, 1.54) is 6.92 Å². The predicted octanol–water partition coefficient (Wildman–Crippen LogP) is 2.89. The highest BCUT2D eigenvalue weighted by molar-refractivity contribution is 6.31. The van der Waals surface area contributed by atoms with Crippen LogP contribution in [0.3, 0.4) is 0 Å². The van der Waals surface area contributed by atoms with E-state index in [2.05, 4.69) is 5.32 Å². The van der Waals surface area contributed by atoms with Gasteiger partial charge in [-0.05, 0) is 18.2 Å². The number of hydrogen-bond donors (Lipinski definition) is 1. The maximum atomic E-state index is 11.6. The van der Waals surface area contributed by atoms with Gasteiger partial charge in [0.1, 0.15) is 0 Å². The lowest BCUT2D eigenvalue weighted by molar-refractivity contribution is -0.114. The Morgan fingerprint density at radius 2 is 2.07 bits per heavy atom. The molecule has 0 unspecified atom stereocenters. The number of rotatable bonds is 3. The summed E-state index contributed by atoms with van der Waals surface area (Å²) in [6, 6.07) is 4.84. The van der Waals surface area contributed by atoms with Crippen LogP contribution in [0.25, 0.3) is 0 Å². The molecule has 0 atom stereocenters. The second kappa shape index (κ2) is 4.94. The standard InChI is InChI=1S/C11H12ClNO2/c1-3-11(15)9-6-8(12)4-5-10(9)13-7(2)14/h4-6H,3H2,1-2H3,(H,13,14). The number of nitrogens with one attached hydrogen (secondary N) is 1. The summed E-state index contributed by atoms with van der Waals surface area (Å²) in [5.74, 6) is -0.247. The molecule has 80 valence electrons. The molecule has 1 rings (SSSR count). The molecule has 0 aliphatic heterocycles. The van der Waals surface area contributed by atoms with E-state index < -0.39 is 0 Å². The lowest BCUT2D eigenvalue weighted by Crippen LogP contribution is -2.10. The number of halogens is 1. The topological polar surface area (TPSA) is 46.2 Å². The Balaban J connectivity index is 3.14. The number of ketones is 1. The zero-order valence-electron chi connectivity index (χ0n) is 8.63. The fraction of sp³-hybridized carbons (Fsp3) is 0.273. The molecule has 0 fully saturated rings. The number of Topliss-reactive ketones (excluding diaryl/α,β-unsaturated/α-hetero) is 1. The molecule has 1 aromatic carbocycles. The van der Waals surface area contributed by atoms with Gasteiger partial charge in [0.15, 0.2) is 5.78 Å². The highest BCUT2D eigenvalue weighted by Gasteiger charge is 2.10. The first-order valence-electron chi connectivity index (χ1n) is 4.65. The summed E-state index contributed by atoms with van der Waals surface area (Å²) in [7, 11) is 0. The third-order valence-corrected chi connectivity index (χ3v) is 2.15. The Hall–Kier alpha value is -1.35. The molecule has 0 aromatic heterocycles. The Morgan fingerprint density at radius 1 is 1.40 bits per heavy atom. The van der Waals surface area contributed by atoms with Gasteiger partial charge in [-0.15, -0.1) is 0 Å². The van der Waals surface area contributed by atoms with E-state index in [4.69, 9.17) is 11.6 Å². The largest absolute Gasteiger partial charge is 0.326 e. The van der Waals surface area contributed by atoms with Gasteiger partial charge in [0, 0.05) is 23.9 Å². The van der Waals surface area contributed by atoms with E-state index in [0.717, 1.165) is 0 Å². The minimum atomic E-state index is -0.206. The van der Waals surface area contributed by atoms with Gasteiger partial charge in [-0.3, -0.25) is 9.59 Å². The van der Waals surface area contributed by atoms with E-state index in [1.807, 2.05) is 0 Å². The molecule has 0 aliphatic carbocycles. The van der Waals surface area contributed by atoms with Crippen LogP contribution in [0.4, 0.5) is 5.69 Å². The molecule has 0 spiro atoms. The van der Waals surface area contributed by atoms with Crippen molar-refractivity contribution in [3.05, 3.63) is 28.8 Å². The van der Waals surface area contributed by atoms with Crippen LogP contribution >= 0.6 is 11.6 Å². The van der Waals surface area contributed by atoms with Gasteiger partial charge in [-0.1, -0.05) is 18.5 Å². The van der Waals surface area contributed by atoms with Crippen LogP contribution in [-0.4, -0.2) is 11.7 Å². The SMILES string of the molecule is CCC(=O)c1cc(Cl)ccc1NC(C)=O. The minimum absolute atomic E-state index is 0.0405. The first-order chi connectivity index (χ1) is 7.04. The summed E-state index contributed by atoms with van der Waals surface area (Å²) in [5.41, 5.74) is 0.971. The Morgan fingerprint density at radius 3 is 2.60 bits per heavy atom. The van der Waals surface area contributed by atoms with Gasteiger partial charge in [0.25, 0.3) is 0 Å². The molecule has 1 N–H and O–H groups in total. The molecular weight excluding hydrogens is 214 g/mol. The summed E-state index contributed by atoms with van der Waals surface area (Å²) in [6.07, 6.45) is 0.382. The van der Waals surface area contributed by atoms with Crippen molar-refractivity contribution in [1.82, 2.24) is 0 Å². The summed E-state index contributed by atoms with van der Waals surface area (Å²) in [4.78, 5) is 22.5. The molecule has 0 aliphatic rings. The number of hydrogen-bond acceptors (Lipinski definition) is 2. The molecule has 0 saturated carbocycles. The minimum Gasteiger partial charge on any atom is -0.326 e. The molecule has 1 aromatic rings. The van der Waals surface area contributed by atoms with Crippen molar-refractivity contribution in [2.45, 2.75) is 20.3 Å². The first kappa shape index (κ1) is 11.7. The van der Waals surface area contributed by atoms with Crippen molar-refractivity contribution in [3.8, 4) is 0 Å². The Kier molecular flexibility index (Phi) is 3.86. The molecule has 0 saturated heterocycles. The molecule has 3 nitrogen and oxygen atoms in total. The van der Waals surface area contributed by atoms with Gasteiger partial charge in [-0.25, -0.2) is 0 Å². The van der Waals surface area contributed by atoms with Crippen molar-refractivity contribution >= 4 is 29.0 Å². The van der Waals surface area contributed by atoms with Gasteiger partial charge >= 0.3 is 0 Å². The van der Waals surface area contributed by atoms with Gasteiger partial charge in [0.2, 0.25) is 5.91 Å². The van der Waals surface area contributed by atoms with Gasteiger partial charge in [-0.2, -0.15) is 0 Å². The second-order valence-electron chi connectivity index (χ2n) is 3.15. The smallest absolute Gasteiger partial charge is 0.221 e. The summed E-state index contributed by atoms with van der Waals surface area (Å²) >= 11 is 5.79. The number of carbonyl (C=O) groups excluding carboxylic acids is 2. The van der Waals surface area contributed by atoms with Crippen molar-refractivity contribution in [2.24, 2.45) is 0 Å². The third kappa shape index (κ3) is 3.06. The van der Waals surface area contributed by atoms with E-state index in [1.54, 1.807) is 25.1 Å². The van der Waals surface area contributed by atoms with Crippen LogP contribution in [0, 0.1) is 0 Å². The van der Waals surface area contributed by atoms with Crippen LogP contribution < -0.4 is 5.32 Å². The van der Waals surface area contributed by atoms with E-state index in [9.17, 15) is 9.59 Å². The van der Waals surface area contributed by atoms with E-state index >= 15 is 0 Å². The van der Waals surface area contributed by atoms with E-state index in [0.29, 0.717) is 22.7 Å². The Labute approximate surface area is 93.4 Å². The van der Waals surface area contributed by atoms with Crippen LogP contribution in [-0.2, 0) is 4.79 Å². The molecule has 15 heavy (non-hydrogen) atoms. The zero-order chi connectivity index (χ0) is 11.4. The monoisotopic (exact) mass is 225 g/mol. The lowest BCUT2D eigenvalue weighted by Gasteiger charge is -2.08. The first-order valence-corrected chi connectivity index (χ1v) is 5.02. The quantitative estimate of drug-likeness (QED) is 0.804. The molecule has 0 heterocycles. The number of benzene rings is 1. The van der Waals surface area contributed by atoms with Gasteiger partial charge in [0.05, 0.1) is 5.69 Å². The normalized spacial score (nSPS) is 9.80. The van der Waals surface area contributed by atoms with Gasteiger partial charge < -0.3 is 5.32 Å². The van der Waals surface area contributed by atoms with Crippen molar-refractivity contribution < 1.29 is 9.59 Å². The molecule has 4 heteroatoms. The lowest BCUT2D eigenvalue weighted by atomic mass is 10.1. The van der Waals surface area contributed by atoms with Crippen LogP contribution in [0.15, 0.2) is 18.2 Å². The fourth-order valence-electron chi connectivity index (χ4n) is 1.24. The van der Waals surface area contributed by atoms with Crippen LogP contribution in [0.2, 0.25) is 5.02 Å². The maximum absolute atomic E-state index is 11.6. The highest BCUT2D eigenvalue weighted by atomic mass is 35.5. The molecule has 0 bridgehead atoms. The number of carbonyl (C=O) groups is 2. The van der Waals surface area contributed by atoms with Crippen molar-refractivity contribution in [1.29, 1.82) is 0 Å². The summed E-state index contributed by atoms with van der Waals surface area (Å²) in [6.45, 7) is 3.16. The highest BCUT2D eigenvalue weighted by Crippen LogP contribution is 2.22. The van der Waals surface area contributed by atoms with Crippen molar-refractivity contribution in [2.75, 3.05) is 5.32 Å².